The van der Waals surface area contributed by atoms with Crippen LogP contribution < -0.4 is 5.32 Å². The Hall–Kier alpha value is -1.33. The Morgan fingerprint density at radius 2 is 2.29 bits per heavy atom. The lowest BCUT2D eigenvalue weighted by Crippen LogP contribution is -2.22. The molecule has 5 heteroatoms. The van der Waals surface area contributed by atoms with Crippen molar-refractivity contribution in [2.45, 2.75) is 19.9 Å². The fourth-order valence-corrected chi connectivity index (χ4v) is 2.19. The first kappa shape index (κ1) is 12.1. The van der Waals surface area contributed by atoms with E-state index in [-0.39, 0.29) is 11.9 Å². The fraction of sp³-hybridized carbons (Fsp3) is 0.333. The van der Waals surface area contributed by atoms with E-state index in [2.05, 4.69) is 14.1 Å². The molecular weight excluding hydrogens is 237 g/mol. The Morgan fingerprint density at radius 1 is 1.47 bits per heavy atom. The second kappa shape index (κ2) is 5.33. The summed E-state index contributed by atoms with van der Waals surface area (Å²) in [6, 6.07) is 5.12. The molecule has 1 aromatic carbocycles. The van der Waals surface area contributed by atoms with Gasteiger partial charge in [-0.25, -0.2) is 4.39 Å². The minimum atomic E-state index is -0.180. The van der Waals surface area contributed by atoms with Crippen LogP contribution in [0.4, 0.5) is 4.39 Å². The van der Waals surface area contributed by atoms with Gasteiger partial charge in [0, 0.05) is 0 Å². The molecule has 2 aromatic rings. The van der Waals surface area contributed by atoms with Crippen molar-refractivity contribution in [2.24, 2.45) is 0 Å². The van der Waals surface area contributed by atoms with Crippen LogP contribution in [0, 0.1) is 12.7 Å². The summed E-state index contributed by atoms with van der Waals surface area (Å²) in [4.78, 5) is 0. The van der Waals surface area contributed by atoms with Gasteiger partial charge < -0.3 is 5.32 Å². The minimum Gasteiger partial charge on any atom is -0.305 e. The van der Waals surface area contributed by atoms with Crippen molar-refractivity contribution in [2.75, 3.05) is 6.54 Å². The lowest BCUT2D eigenvalue weighted by molar-refractivity contribution is 0.602. The number of hydrogen-bond acceptors (Lipinski definition) is 4. The van der Waals surface area contributed by atoms with Crippen LogP contribution in [-0.4, -0.2) is 15.3 Å². The molecule has 0 spiro atoms. The van der Waals surface area contributed by atoms with Crippen LogP contribution in [0.3, 0.4) is 0 Å². The third kappa shape index (κ3) is 2.68. The highest BCUT2D eigenvalue weighted by molar-refractivity contribution is 6.99. The first-order valence-corrected chi connectivity index (χ1v) is 6.22. The van der Waals surface area contributed by atoms with E-state index in [1.807, 2.05) is 13.0 Å². The maximum absolute atomic E-state index is 13.2. The quantitative estimate of drug-likeness (QED) is 0.908. The van der Waals surface area contributed by atoms with Gasteiger partial charge in [-0.05, 0) is 30.7 Å². The van der Waals surface area contributed by atoms with Gasteiger partial charge in [-0.2, -0.15) is 8.75 Å². The van der Waals surface area contributed by atoms with Crippen LogP contribution in [0.1, 0.15) is 29.8 Å². The molecule has 1 heterocycles. The van der Waals surface area contributed by atoms with Crippen molar-refractivity contribution in [3.63, 3.8) is 0 Å². The smallest absolute Gasteiger partial charge is 0.126 e. The topological polar surface area (TPSA) is 37.8 Å². The summed E-state index contributed by atoms with van der Waals surface area (Å²) in [5, 5.41) is 3.33. The average molecular weight is 251 g/mol. The monoisotopic (exact) mass is 251 g/mol. The molecule has 0 saturated carbocycles. The van der Waals surface area contributed by atoms with Crippen molar-refractivity contribution in [1.29, 1.82) is 0 Å². The number of aromatic nitrogens is 2. The highest BCUT2D eigenvalue weighted by Crippen LogP contribution is 2.22. The molecule has 3 nitrogen and oxygen atoms in total. The zero-order chi connectivity index (χ0) is 12.3. The molecule has 0 radical (unpaired) electrons. The molecule has 1 unspecified atom stereocenters. The van der Waals surface area contributed by atoms with E-state index in [1.165, 1.54) is 17.8 Å². The lowest BCUT2D eigenvalue weighted by atomic mass is 10.0. The van der Waals surface area contributed by atoms with Gasteiger partial charge in [0.15, 0.2) is 0 Å². The number of rotatable bonds is 4. The first-order chi connectivity index (χ1) is 8.22. The maximum atomic E-state index is 13.2. The third-order valence-electron chi connectivity index (χ3n) is 2.60. The summed E-state index contributed by atoms with van der Waals surface area (Å²) in [5.41, 5.74) is 2.54. The summed E-state index contributed by atoms with van der Waals surface area (Å²) in [7, 11) is 0. The molecule has 1 atom stereocenters. The molecular formula is C12H14FN3S. The van der Waals surface area contributed by atoms with Gasteiger partial charge in [-0.1, -0.05) is 19.1 Å². The number of nitrogens with one attached hydrogen (secondary N) is 1. The Kier molecular flexibility index (Phi) is 3.81. The van der Waals surface area contributed by atoms with Crippen LogP contribution in [0.25, 0.3) is 0 Å². The average Bonchev–Trinajstić information content (AvgIpc) is 2.83. The van der Waals surface area contributed by atoms with Crippen LogP contribution in [0.5, 0.6) is 0 Å². The Bertz CT molecular complexity index is 485. The standard InChI is InChI=1S/C12H14FN3S/c1-3-14-12(11-7-15-17-16-11)9-4-5-10(13)8(2)6-9/h4-7,12,14H,3H2,1-2H3. The van der Waals surface area contributed by atoms with Crippen molar-refractivity contribution in [1.82, 2.24) is 14.1 Å². The van der Waals surface area contributed by atoms with Crippen molar-refractivity contribution >= 4 is 11.7 Å². The number of aryl methyl sites for hydroxylation is 1. The second-order valence-electron chi connectivity index (χ2n) is 3.83. The molecule has 1 N–H and O–H groups in total. The SMILES string of the molecule is CCNC(c1ccc(F)c(C)c1)c1cnsn1. The van der Waals surface area contributed by atoms with Gasteiger partial charge in [-0.3, -0.25) is 0 Å². The first-order valence-electron chi connectivity index (χ1n) is 5.49. The summed E-state index contributed by atoms with van der Waals surface area (Å²) in [5.74, 6) is -0.180. The van der Waals surface area contributed by atoms with Crippen molar-refractivity contribution in [3.05, 3.63) is 47.0 Å². The molecule has 1 aromatic heterocycles. The molecule has 2 rings (SSSR count). The predicted octanol–water partition coefficient (Wildman–Crippen LogP) is 2.68. The van der Waals surface area contributed by atoms with E-state index in [0.717, 1.165) is 17.8 Å². The van der Waals surface area contributed by atoms with Gasteiger partial charge in [0.1, 0.15) is 5.82 Å². The van der Waals surface area contributed by atoms with Crippen LogP contribution in [-0.2, 0) is 0 Å². The summed E-state index contributed by atoms with van der Waals surface area (Å²) in [6.07, 6.45) is 1.75. The molecule has 0 aliphatic carbocycles. The number of hydrogen-bond donors (Lipinski definition) is 1. The van der Waals surface area contributed by atoms with Crippen LogP contribution in [0.15, 0.2) is 24.4 Å². The number of benzene rings is 1. The largest absolute Gasteiger partial charge is 0.305 e. The molecule has 17 heavy (non-hydrogen) atoms. The number of nitrogens with zero attached hydrogens (tertiary/aromatic N) is 2. The van der Waals surface area contributed by atoms with E-state index < -0.39 is 0 Å². The molecule has 90 valence electrons. The minimum absolute atomic E-state index is 0.0157. The Balaban J connectivity index is 2.35. The molecule has 0 aliphatic heterocycles. The maximum Gasteiger partial charge on any atom is 0.126 e. The normalized spacial score (nSPS) is 12.6. The van der Waals surface area contributed by atoms with Crippen LogP contribution in [0.2, 0.25) is 0 Å². The highest BCUT2D eigenvalue weighted by Gasteiger charge is 2.16. The Morgan fingerprint density at radius 3 is 2.88 bits per heavy atom. The van der Waals surface area contributed by atoms with Gasteiger partial charge in [0.05, 0.1) is 29.7 Å². The van der Waals surface area contributed by atoms with E-state index in [4.69, 9.17) is 0 Å². The van der Waals surface area contributed by atoms with Crippen molar-refractivity contribution in [3.8, 4) is 0 Å². The molecule has 0 saturated heterocycles. The number of halogens is 1. The van der Waals surface area contributed by atoms with Gasteiger partial charge in [0.2, 0.25) is 0 Å². The Labute approximate surface area is 104 Å². The van der Waals surface area contributed by atoms with Gasteiger partial charge in [0.25, 0.3) is 0 Å². The summed E-state index contributed by atoms with van der Waals surface area (Å²) < 4.78 is 21.5. The van der Waals surface area contributed by atoms with E-state index in [9.17, 15) is 4.39 Å². The summed E-state index contributed by atoms with van der Waals surface area (Å²) in [6.45, 7) is 4.61. The zero-order valence-corrected chi connectivity index (χ0v) is 10.6. The van der Waals surface area contributed by atoms with Crippen LogP contribution >= 0.6 is 11.7 Å². The van der Waals surface area contributed by atoms with E-state index in [1.54, 1.807) is 19.2 Å². The van der Waals surface area contributed by atoms with E-state index in [0.29, 0.717) is 5.56 Å². The predicted molar refractivity (Wildman–Crippen MR) is 66.6 cm³/mol. The fourth-order valence-electron chi connectivity index (χ4n) is 1.74. The zero-order valence-electron chi connectivity index (χ0n) is 9.77. The third-order valence-corrected chi connectivity index (χ3v) is 3.09. The molecule has 0 aliphatic rings. The van der Waals surface area contributed by atoms with Gasteiger partial charge in [-0.15, -0.1) is 0 Å². The molecule has 0 bridgehead atoms. The summed E-state index contributed by atoms with van der Waals surface area (Å²) >= 11 is 1.18. The highest BCUT2D eigenvalue weighted by atomic mass is 32.1. The molecule has 0 amide bonds. The van der Waals surface area contributed by atoms with E-state index >= 15 is 0 Å². The second-order valence-corrected chi connectivity index (χ2v) is 4.39. The lowest BCUT2D eigenvalue weighted by Gasteiger charge is -2.16. The molecule has 0 fully saturated rings. The van der Waals surface area contributed by atoms with Gasteiger partial charge >= 0.3 is 0 Å². The van der Waals surface area contributed by atoms with Crippen molar-refractivity contribution < 1.29 is 4.39 Å².